The van der Waals surface area contributed by atoms with E-state index in [2.05, 4.69) is 10.6 Å². The third-order valence-electron chi connectivity index (χ3n) is 2.96. The molecule has 1 atom stereocenters. The fourth-order valence-electron chi connectivity index (χ4n) is 2.04. The molecule has 1 aromatic carbocycles. The lowest BCUT2D eigenvalue weighted by molar-refractivity contribution is -0.136. The summed E-state index contributed by atoms with van der Waals surface area (Å²) in [5, 5.41) is 14.2. The highest BCUT2D eigenvalue weighted by Crippen LogP contribution is 2.23. The maximum atomic E-state index is 13.1. The second-order valence-electron chi connectivity index (χ2n) is 5.98. The number of nitrogens with one attached hydrogen (secondary N) is 2. The van der Waals surface area contributed by atoms with E-state index in [4.69, 9.17) is 11.6 Å². The van der Waals surface area contributed by atoms with Gasteiger partial charge < -0.3 is 15.7 Å². The van der Waals surface area contributed by atoms with E-state index >= 15 is 0 Å². The Morgan fingerprint density at radius 2 is 2.00 bits per heavy atom. The van der Waals surface area contributed by atoms with Crippen LogP contribution in [0.25, 0.3) is 0 Å². The highest BCUT2D eigenvalue weighted by Gasteiger charge is 2.23. The summed E-state index contributed by atoms with van der Waals surface area (Å²) in [6, 6.07) is 3.47. The first kappa shape index (κ1) is 18.4. The minimum absolute atomic E-state index is 0.0325. The Bertz CT molecular complexity index is 562. The maximum Gasteiger partial charge on any atom is 0.313 e. The molecule has 0 aliphatic heterocycles. The molecule has 0 aliphatic rings. The summed E-state index contributed by atoms with van der Waals surface area (Å²) in [6.45, 7) is 5.60. The summed E-state index contributed by atoms with van der Waals surface area (Å²) in [4.78, 5) is 23.5. The summed E-state index contributed by atoms with van der Waals surface area (Å²) >= 11 is 5.81. The molecule has 0 saturated heterocycles. The van der Waals surface area contributed by atoms with Crippen molar-refractivity contribution in [3.63, 3.8) is 0 Å². The highest BCUT2D eigenvalue weighted by molar-refractivity contribution is 6.41. The summed E-state index contributed by atoms with van der Waals surface area (Å²) in [6.07, 6.45) is -0.0308. The number of anilines is 1. The number of rotatable bonds is 5. The van der Waals surface area contributed by atoms with Gasteiger partial charge in [-0.25, -0.2) is 4.39 Å². The zero-order valence-electron chi connectivity index (χ0n) is 12.7. The topological polar surface area (TPSA) is 78.4 Å². The number of halogens is 2. The van der Waals surface area contributed by atoms with E-state index in [0.29, 0.717) is 6.42 Å². The predicted molar refractivity (Wildman–Crippen MR) is 83.1 cm³/mol. The first-order valence-electron chi connectivity index (χ1n) is 6.83. The largest absolute Gasteiger partial charge is 0.393 e. The maximum absolute atomic E-state index is 13.1. The number of carbonyl (C=O) groups is 2. The molecule has 0 heterocycles. The summed E-state index contributed by atoms with van der Waals surface area (Å²) in [7, 11) is 0. The number of amides is 2. The highest BCUT2D eigenvalue weighted by atomic mass is 35.5. The van der Waals surface area contributed by atoms with Crippen LogP contribution in [0.4, 0.5) is 10.1 Å². The summed E-state index contributed by atoms with van der Waals surface area (Å²) in [5.74, 6) is -2.35. The van der Waals surface area contributed by atoms with Crippen LogP contribution in [0.5, 0.6) is 0 Å². The van der Waals surface area contributed by atoms with Gasteiger partial charge in [0, 0.05) is 6.54 Å². The Labute approximate surface area is 133 Å². The lowest BCUT2D eigenvalue weighted by atomic mass is 9.87. The smallest absolute Gasteiger partial charge is 0.313 e. The third-order valence-corrected chi connectivity index (χ3v) is 3.29. The van der Waals surface area contributed by atoms with Crippen LogP contribution in [-0.2, 0) is 9.59 Å². The molecule has 1 aromatic rings. The first-order chi connectivity index (χ1) is 10.1. The Morgan fingerprint density at radius 3 is 2.59 bits per heavy atom. The molecule has 0 aliphatic carbocycles. The standard InChI is InChI=1S/C15H20ClFN2O3/c1-9(20)7-15(2,3)8-18-13(21)14(22)19-12-6-10(17)4-5-11(12)16/h4-6,9,20H,7-8H2,1-3H3,(H,18,21)(H,19,22). The van der Waals surface area contributed by atoms with Crippen LogP contribution >= 0.6 is 11.6 Å². The van der Waals surface area contributed by atoms with Gasteiger partial charge in [0.2, 0.25) is 0 Å². The van der Waals surface area contributed by atoms with Crippen molar-refractivity contribution in [3.8, 4) is 0 Å². The van der Waals surface area contributed by atoms with E-state index in [-0.39, 0.29) is 22.7 Å². The van der Waals surface area contributed by atoms with Crippen LogP contribution in [0, 0.1) is 11.2 Å². The molecule has 1 unspecified atom stereocenters. The van der Waals surface area contributed by atoms with Crippen molar-refractivity contribution in [3.05, 3.63) is 29.0 Å². The van der Waals surface area contributed by atoms with Gasteiger partial charge in [-0.15, -0.1) is 0 Å². The van der Waals surface area contributed by atoms with Crippen LogP contribution in [0.3, 0.4) is 0 Å². The number of carbonyl (C=O) groups excluding carboxylic acids is 2. The average molecular weight is 331 g/mol. The van der Waals surface area contributed by atoms with Crippen molar-refractivity contribution >= 4 is 29.1 Å². The number of hydrogen-bond acceptors (Lipinski definition) is 3. The third kappa shape index (κ3) is 5.99. The SMILES string of the molecule is CC(O)CC(C)(C)CNC(=O)C(=O)Nc1cc(F)ccc1Cl. The van der Waals surface area contributed by atoms with E-state index in [1.807, 2.05) is 13.8 Å². The molecule has 122 valence electrons. The van der Waals surface area contributed by atoms with E-state index in [1.54, 1.807) is 6.92 Å². The van der Waals surface area contributed by atoms with Crippen molar-refractivity contribution in [2.24, 2.45) is 5.41 Å². The van der Waals surface area contributed by atoms with Crippen LogP contribution < -0.4 is 10.6 Å². The molecular weight excluding hydrogens is 311 g/mol. The monoisotopic (exact) mass is 330 g/mol. The van der Waals surface area contributed by atoms with E-state index < -0.39 is 23.7 Å². The molecule has 5 nitrogen and oxygen atoms in total. The summed E-state index contributed by atoms with van der Waals surface area (Å²) < 4.78 is 13.1. The lowest BCUT2D eigenvalue weighted by Gasteiger charge is -2.26. The second-order valence-corrected chi connectivity index (χ2v) is 6.39. The minimum Gasteiger partial charge on any atom is -0.393 e. The minimum atomic E-state index is -0.930. The Kier molecular flexibility index (Phi) is 6.32. The van der Waals surface area contributed by atoms with E-state index in [1.165, 1.54) is 6.07 Å². The Hall–Kier alpha value is -1.66. The zero-order chi connectivity index (χ0) is 16.9. The molecule has 0 radical (unpaired) electrons. The van der Waals surface area contributed by atoms with Gasteiger partial charge in [-0.05, 0) is 37.0 Å². The lowest BCUT2D eigenvalue weighted by Crippen LogP contribution is -2.41. The summed E-state index contributed by atoms with van der Waals surface area (Å²) in [5.41, 5.74) is -0.328. The van der Waals surface area contributed by atoms with Crippen molar-refractivity contribution in [2.45, 2.75) is 33.3 Å². The normalized spacial score (nSPS) is 12.6. The molecule has 0 bridgehead atoms. The van der Waals surface area contributed by atoms with E-state index in [9.17, 15) is 19.1 Å². The van der Waals surface area contributed by atoms with Gasteiger partial charge in [0.1, 0.15) is 5.82 Å². The van der Waals surface area contributed by atoms with Gasteiger partial charge in [0.15, 0.2) is 0 Å². The average Bonchev–Trinajstić information content (AvgIpc) is 2.38. The zero-order valence-corrected chi connectivity index (χ0v) is 13.5. The molecular formula is C15H20ClFN2O3. The van der Waals surface area contributed by atoms with Crippen molar-refractivity contribution in [1.29, 1.82) is 0 Å². The van der Waals surface area contributed by atoms with Crippen LogP contribution in [0.2, 0.25) is 5.02 Å². The van der Waals surface area contributed by atoms with Gasteiger partial charge in [-0.1, -0.05) is 25.4 Å². The number of aliphatic hydroxyl groups is 1. The molecule has 2 amide bonds. The van der Waals surface area contributed by atoms with Crippen molar-refractivity contribution in [2.75, 3.05) is 11.9 Å². The number of hydrogen-bond donors (Lipinski definition) is 3. The van der Waals surface area contributed by atoms with Gasteiger partial charge in [-0.2, -0.15) is 0 Å². The molecule has 0 saturated carbocycles. The molecule has 7 heteroatoms. The van der Waals surface area contributed by atoms with Crippen molar-refractivity contribution < 1.29 is 19.1 Å². The fraction of sp³-hybridized carbons (Fsp3) is 0.467. The van der Waals surface area contributed by atoms with Gasteiger partial charge in [-0.3, -0.25) is 9.59 Å². The second kappa shape index (κ2) is 7.56. The molecule has 0 aromatic heterocycles. The van der Waals surface area contributed by atoms with Crippen LogP contribution in [0.15, 0.2) is 18.2 Å². The van der Waals surface area contributed by atoms with Crippen LogP contribution in [0.1, 0.15) is 27.2 Å². The quantitative estimate of drug-likeness (QED) is 0.725. The molecule has 22 heavy (non-hydrogen) atoms. The van der Waals surface area contributed by atoms with Gasteiger partial charge in [0.25, 0.3) is 0 Å². The van der Waals surface area contributed by atoms with Gasteiger partial charge in [0.05, 0.1) is 16.8 Å². The number of aliphatic hydroxyl groups excluding tert-OH is 1. The fourth-order valence-corrected chi connectivity index (χ4v) is 2.21. The van der Waals surface area contributed by atoms with E-state index in [0.717, 1.165) is 12.1 Å². The van der Waals surface area contributed by atoms with Crippen molar-refractivity contribution in [1.82, 2.24) is 5.32 Å². The molecule has 0 fully saturated rings. The number of benzene rings is 1. The predicted octanol–water partition coefficient (Wildman–Crippen LogP) is 2.33. The van der Waals surface area contributed by atoms with Crippen LogP contribution in [-0.4, -0.2) is 29.6 Å². The Morgan fingerprint density at radius 1 is 1.36 bits per heavy atom. The molecule has 0 spiro atoms. The van der Waals surface area contributed by atoms with Gasteiger partial charge >= 0.3 is 11.8 Å². The first-order valence-corrected chi connectivity index (χ1v) is 7.21. The molecule has 3 N–H and O–H groups in total. The Balaban J connectivity index is 2.59. The molecule has 1 rings (SSSR count).